The maximum absolute atomic E-state index is 5.32. The van der Waals surface area contributed by atoms with Gasteiger partial charge in [0.1, 0.15) is 0 Å². The molecule has 0 radical (unpaired) electrons. The lowest BCUT2D eigenvalue weighted by Crippen LogP contribution is -2.32. The number of hydrogen-bond donors (Lipinski definition) is 1. The summed E-state index contributed by atoms with van der Waals surface area (Å²) >= 11 is 0. The first-order valence-electron chi connectivity index (χ1n) is 7.20. The Bertz CT molecular complexity index is 323. The molecule has 0 saturated carbocycles. The zero-order valence-electron chi connectivity index (χ0n) is 12.2. The molecule has 104 valence electrons. The zero-order valence-corrected chi connectivity index (χ0v) is 12.2. The number of aryl methyl sites for hydroxylation is 1. The molecule has 18 heavy (non-hydrogen) atoms. The second kappa shape index (κ2) is 8.25. The summed E-state index contributed by atoms with van der Waals surface area (Å²) in [7, 11) is 0. The van der Waals surface area contributed by atoms with Crippen LogP contribution in [0.15, 0.2) is 4.52 Å². The van der Waals surface area contributed by atoms with Crippen molar-refractivity contribution in [1.29, 1.82) is 0 Å². The van der Waals surface area contributed by atoms with Crippen molar-refractivity contribution in [2.45, 2.75) is 65.8 Å². The molecule has 0 aliphatic carbocycles. The highest BCUT2D eigenvalue weighted by Gasteiger charge is 2.15. The first kappa shape index (κ1) is 15.2. The Morgan fingerprint density at radius 1 is 1.28 bits per heavy atom. The van der Waals surface area contributed by atoms with Gasteiger partial charge in [-0.25, -0.2) is 0 Å². The number of nitrogens with zero attached hydrogens (tertiary/aromatic N) is 2. The van der Waals surface area contributed by atoms with Crippen molar-refractivity contribution in [3.8, 4) is 0 Å². The van der Waals surface area contributed by atoms with Crippen LogP contribution in [-0.2, 0) is 12.8 Å². The quantitative estimate of drug-likeness (QED) is 0.735. The fourth-order valence-corrected chi connectivity index (χ4v) is 2.12. The van der Waals surface area contributed by atoms with Crippen LogP contribution >= 0.6 is 0 Å². The van der Waals surface area contributed by atoms with Crippen LogP contribution in [0.3, 0.4) is 0 Å². The van der Waals surface area contributed by atoms with Crippen LogP contribution in [0.2, 0.25) is 0 Å². The molecule has 1 aromatic heterocycles. The summed E-state index contributed by atoms with van der Waals surface area (Å²) in [4.78, 5) is 4.46. The number of aromatic nitrogens is 2. The van der Waals surface area contributed by atoms with Gasteiger partial charge >= 0.3 is 0 Å². The first-order chi connectivity index (χ1) is 8.65. The molecule has 0 saturated heterocycles. The van der Waals surface area contributed by atoms with Crippen molar-refractivity contribution in [3.63, 3.8) is 0 Å². The SMILES string of the molecule is CCCCc1noc(CC(CC(C)C)NCC)n1. The summed E-state index contributed by atoms with van der Waals surface area (Å²) in [5.41, 5.74) is 0. The third kappa shape index (κ3) is 5.63. The second-order valence-electron chi connectivity index (χ2n) is 5.30. The van der Waals surface area contributed by atoms with Gasteiger partial charge in [-0.1, -0.05) is 39.3 Å². The Morgan fingerprint density at radius 3 is 2.67 bits per heavy atom. The molecule has 0 aromatic carbocycles. The van der Waals surface area contributed by atoms with Crippen molar-refractivity contribution in [2.75, 3.05) is 6.54 Å². The summed E-state index contributed by atoms with van der Waals surface area (Å²) < 4.78 is 5.32. The fourth-order valence-electron chi connectivity index (χ4n) is 2.12. The van der Waals surface area contributed by atoms with Crippen LogP contribution in [0.5, 0.6) is 0 Å². The molecule has 1 aromatic rings. The number of unbranched alkanes of at least 4 members (excludes halogenated alkanes) is 1. The highest BCUT2D eigenvalue weighted by Crippen LogP contribution is 2.10. The fraction of sp³-hybridized carbons (Fsp3) is 0.857. The van der Waals surface area contributed by atoms with Crippen molar-refractivity contribution in [3.05, 3.63) is 11.7 Å². The molecule has 0 spiro atoms. The van der Waals surface area contributed by atoms with Gasteiger partial charge in [0, 0.05) is 18.9 Å². The monoisotopic (exact) mass is 253 g/mol. The molecular weight excluding hydrogens is 226 g/mol. The molecule has 0 amide bonds. The van der Waals surface area contributed by atoms with E-state index < -0.39 is 0 Å². The van der Waals surface area contributed by atoms with Gasteiger partial charge in [0.25, 0.3) is 0 Å². The molecule has 1 N–H and O–H groups in total. The summed E-state index contributed by atoms with van der Waals surface area (Å²) in [6.07, 6.45) is 5.19. The van der Waals surface area contributed by atoms with Crippen molar-refractivity contribution < 1.29 is 4.52 Å². The Balaban J connectivity index is 2.49. The van der Waals surface area contributed by atoms with Crippen LogP contribution in [0.4, 0.5) is 0 Å². The Morgan fingerprint density at radius 2 is 2.06 bits per heavy atom. The predicted molar refractivity (Wildman–Crippen MR) is 73.5 cm³/mol. The van der Waals surface area contributed by atoms with E-state index in [2.05, 4.69) is 43.2 Å². The van der Waals surface area contributed by atoms with Crippen molar-refractivity contribution in [2.24, 2.45) is 5.92 Å². The Hall–Kier alpha value is -0.900. The molecule has 1 rings (SSSR count). The molecular formula is C14H27N3O. The van der Waals surface area contributed by atoms with Gasteiger partial charge in [0.15, 0.2) is 5.82 Å². The average Bonchev–Trinajstić information content (AvgIpc) is 2.73. The maximum atomic E-state index is 5.32. The minimum Gasteiger partial charge on any atom is -0.339 e. The van der Waals surface area contributed by atoms with E-state index >= 15 is 0 Å². The Kier molecular flexibility index (Phi) is 6.94. The lowest BCUT2D eigenvalue weighted by Gasteiger charge is -2.17. The lowest BCUT2D eigenvalue weighted by molar-refractivity contribution is 0.337. The molecule has 0 fully saturated rings. The molecule has 4 heteroatoms. The standard InChI is InChI=1S/C14H27N3O/c1-5-7-8-13-16-14(18-17-13)10-12(15-6-2)9-11(3)4/h11-12,15H,5-10H2,1-4H3. The lowest BCUT2D eigenvalue weighted by atomic mass is 10.0. The minimum atomic E-state index is 0.439. The van der Waals surface area contributed by atoms with E-state index in [4.69, 9.17) is 4.52 Å². The number of rotatable bonds is 9. The van der Waals surface area contributed by atoms with E-state index in [-0.39, 0.29) is 0 Å². The number of nitrogens with one attached hydrogen (secondary N) is 1. The average molecular weight is 253 g/mol. The Labute approximate surface area is 111 Å². The molecule has 4 nitrogen and oxygen atoms in total. The van der Waals surface area contributed by atoms with Crippen LogP contribution in [-0.4, -0.2) is 22.7 Å². The highest BCUT2D eigenvalue weighted by atomic mass is 16.5. The van der Waals surface area contributed by atoms with Crippen LogP contribution < -0.4 is 5.32 Å². The summed E-state index contributed by atoms with van der Waals surface area (Å²) in [6, 6.07) is 0.439. The highest BCUT2D eigenvalue weighted by molar-refractivity contribution is 4.90. The van der Waals surface area contributed by atoms with Crippen LogP contribution in [0, 0.1) is 5.92 Å². The molecule has 0 bridgehead atoms. The third-order valence-electron chi connectivity index (χ3n) is 2.93. The number of likely N-dealkylation sites (N-methyl/N-ethyl adjacent to an activating group) is 1. The van der Waals surface area contributed by atoms with Crippen molar-refractivity contribution >= 4 is 0 Å². The molecule has 0 aliphatic rings. The summed E-state index contributed by atoms with van der Waals surface area (Å²) in [5.74, 6) is 2.30. The largest absolute Gasteiger partial charge is 0.339 e. The molecule has 1 unspecified atom stereocenters. The van der Waals surface area contributed by atoms with Gasteiger partial charge in [-0.2, -0.15) is 4.98 Å². The van der Waals surface area contributed by atoms with E-state index in [0.717, 1.165) is 50.4 Å². The maximum Gasteiger partial charge on any atom is 0.228 e. The van der Waals surface area contributed by atoms with Gasteiger partial charge < -0.3 is 9.84 Å². The normalized spacial score (nSPS) is 13.2. The van der Waals surface area contributed by atoms with Gasteiger partial charge in [0.05, 0.1) is 0 Å². The van der Waals surface area contributed by atoms with E-state index in [1.54, 1.807) is 0 Å². The van der Waals surface area contributed by atoms with E-state index in [0.29, 0.717) is 12.0 Å². The minimum absolute atomic E-state index is 0.439. The topological polar surface area (TPSA) is 51.0 Å². The summed E-state index contributed by atoms with van der Waals surface area (Å²) in [6.45, 7) is 9.77. The van der Waals surface area contributed by atoms with E-state index in [1.807, 2.05) is 0 Å². The van der Waals surface area contributed by atoms with Gasteiger partial charge in [0.2, 0.25) is 5.89 Å². The predicted octanol–water partition coefficient (Wildman–Crippen LogP) is 2.98. The molecule has 1 atom stereocenters. The smallest absolute Gasteiger partial charge is 0.228 e. The summed E-state index contributed by atoms with van der Waals surface area (Å²) in [5, 5.41) is 7.52. The third-order valence-corrected chi connectivity index (χ3v) is 2.93. The molecule has 1 heterocycles. The van der Waals surface area contributed by atoms with Crippen LogP contribution in [0.1, 0.15) is 58.7 Å². The molecule has 0 aliphatic heterocycles. The number of hydrogen-bond acceptors (Lipinski definition) is 4. The van der Waals surface area contributed by atoms with Crippen LogP contribution in [0.25, 0.3) is 0 Å². The van der Waals surface area contributed by atoms with Gasteiger partial charge in [-0.05, 0) is 25.3 Å². The van der Waals surface area contributed by atoms with Gasteiger partial charge in [-0.3, -0.25) is 0 Å². The zero-order chi connectivity index (χ0) is 13.4. The van der Waals surface area contributed by atoms with Gasteiger partial charge in [-0.15, -0.1) is 0 Å². The van der Waals surface area contributed by atoms with E-state index in [1.165, 1.54) is 0 Å². The van der Waals surface area contributed by atoms with Crippen molar-refractivity contribution in [1.82, 2.24) is 15.5 Å². The first-order valence-corrected chi connectivity index (χ1v) is 7.20. The van der Waals surface area contributed by atoms with E-state index in [9.17, 15) is 0 Å². The second-order valence-corrected chi connectivity index (χ2v) is 5.30.